The molecular formula is C14H23NO2. The first-order chi connectivity index (χ1) is 7.98. The monoisotopic (exact) mass is 237 g/mol. The van der Waals surface area contributed by atoms with Crippen LogP contribution in [0.1, 0.15) is 26.3 Å². The van der Waals surface area contributed by atoms with Gasteiger partial charge in [-0.05, 0) is 30.5 Å². The van der Waals surface area contributed by atoms with E-state index in [0.29, 0.717) is 19.1 Å². The van der Waals surface area contributed by atoms with Crippen LogP contribution in [0.3, 0.4) is 0 Å². The fourth-order valence-electron chi connectivity index (χ4n) is 1.49. The van der Waals surface area contributed by atoms with Crippen LogP contribution in [0.15, 0.2) is 24.3 Å². The van der Waals surface area contributed by atoms with Crippen LogP contribution in [0.25, 0.3) is 0 Å². The van der Waals surface area contributed by atoms with Gasteiger partial charge in [0.1, 0.15) is 12.4 Å². The fraction of sp³-hybridized carbons (Fsp3) is 0.571. The molecule has 1 aromatic rings. The average Bonchev–Trinajstić information content (AvgIpc) is 2.30. The first-order valence-corrected chi connectivity index (χ1v) is 5.99. The minimum atomic E-state index is -0.301. The zero-order chi connectivity index (χ0) is 12.9. The number of benzene rings is 1. The van der Waals surface area contributed by atoms with Crippen molar-refractivity contribution in [1.29, 1.82) is 0 Å². The summed E-state index contributed by atoms with van der Waals surface area (Å²) in [6, 6.07) is 7.97. The Kier molecular flexibility index (Phi) is 4.97. The molecule has 0 aliphatic carbocycles. The highest BCUT2D eigenvalue weighted by atomic mass is 16.5. The van der Waals surface area contributed by atoms with E-state index in [1.165, 1.54) is 0 Å². The predicted molar refractivity (Wildman–Crippen MR) is 70.2 cm³/mol. The summed E-state index contributed by atoms with van der Waals surface area (Å²) < 4.78 is 10.4. The van der Waals surface area contributed by atoms with Crippen LogP contribution in [-0.2, 0) is 10.3 Å². The van der Waals surface area contributed by atoms with Gasteiger partial charge in [-0.1, -0.05) is 26.0 Å². The number of hydrogen-bond acceptors (Lipinski definition) is 3. The van der Waals surface area contributed by atoms with Gasteiger partial charge in [0.15, 0.2) is 0 Å². The Morgan fingerprint density at radius 2 is 1.76 bits per heavy atom. The second kappa shape index (κ2) is 6.03. The molecule has 0 amide bonds. The van der Waals surface area contributed by atoms with Gasteiger partial charge in [0.2, 0.25) is 0 Å². The first kappa shape index (κ1) is 14.0. The summed E-state index contributed by atoms with van der Waals surface area (Å²) in [4.78, 5) is 0. The van der Waals surface area contributed by atoms with Crippen molar-refractivity contribution < 1.29 is 9.47 Å². The van der Waals surface area contributed by atoms with Crippen LogP contribution < -0.4 is 10.5 Å². The van der Waals surface area contributed by atoms with E-state index in [-0.39, 0.29) is 5.54 Å². The molecule has 0 spiro atoms. The SMILES string of the molecule is COCCOc1ccc(C(C)(N)C(C)C)cc1. The number of nitrogens with two attached hydrogens (primary N) is 1. The molecule has 96 valence electrons. The molecule has 1 aromatic carbocycles. The Hall–Kier alpha value is -1.06. The van der Waals surface area contributed by atoms with Crippen molar-refractivity contribution in [3.05, 3.63) is 29.8 Å². The standard InChI is InChI=1S/C14H23NO2/c1-11(2)14(3,15)12-5-7-13(8-6-12)17-10-9-16-4/h5-8,11H,9-10,15H2,1-4H3. The fourth-order valence-corrected chi connectivity index (χ4v) is 1.49. The summed E-state index contributed by atoms with van der Waals surface area (Å²) in [5.74, 6) is 1.24. The van der Waals surface area contributed by atoms with Crippen molar-refractivity contribution in [3.8, 4) is 5.75 Å². The quantitative estimate of drug-likeness (QED) is 0.773. The van der Waals surface area contributed by atoms with Gasteiger partial charge < -0.3 is 15.2 Å². The third kappa shape index (κ3) is 3.72. The summed E-state index contributed by atoms with van der Waals surface area (Å²) in [7, 11) is 1.66. The van der Waals surface area contributed by atoms with E-state index in [9.17, 15) is 0 Å². The second-order valence-corrected chi connectivity index (χ2v) is 4.80. The van der Waals surface area contributed by atoms with Crippen LogP contribution in [0, 0.1) is 5.92 Å². The minimum Gasteiger partial charge on any atom is -0.491 e. The maximum absolute atomic E-state index is 6.29. The Bertz CT molecular complexity index is 331. The number of methoxy groups -OCH3 is 1. The van der Waals surface area contributed by atoms with E-state index in [1.807, 2.05) is 24.3 Å². The highest BCUT2D eigenvalue weighted by Crippen LogP contribution is 2.27. The lowest BCUT2D eigenvalue weighted by Gasteiger charge is -2.29. The van der Waals surface area contributed by atoms with Gasteiger partial charge in [0.05, 0.1) is 6.61 Å². The van der Waals surface area contributed by atoms with Crippen LogP contribution in [0.2, 0.25) is 0 Å². The molecule has 0 bridgehead atoms. The van der Waals surface area contributed by atoms with Crippen molar-refractivity contribution in [3.63, 3.8) is 0 Å². The van der Waals surface area contributed by atoms with E-state index < -0.39 is 0 Å². The van der Waals surface area contributed by atoms with Crippen LogP contribution in [-0.4, -0.2) is 20.3 Å². The predicted octanol–water partition coefficient (Wildman–Crippen LogP) is 2.54. The molecule has 0 saturated carbocycles. The smallest absolute Gasteiger partial charge is 0.119 e. The Morgan fingerprint density at radius 3 is 2.24 bits per heavy atom. The highest BCUT2D eigenvalue weighted by molar-refractivity contribution is 5.31. The largest absolute Gasteiger partial charge is 0.491 e. The molecule has 17 heavy (non-hydrogen) atoms. The van der Waals surface area contributed by atoms with Gasteiger partial charge in [-0.2, -0.15) is 0 Å². The van der Waals surface area contributed by atoms with E-state index in [1.54, 1.807) is 7.11 Å². The molecule has 0 aliphatic heterocycles. The van der Waals surface area contributed by atoms with Gasteiger partial charge in [0.25, 0.3) is 0 Å². The molecule has 0 fully saturated rings. The normalized spacial score (nSPS) is 14.7. The van der Waals surface area contributed by atoms with Gasteiger partial charge in [0, 0.05) is 12.6 Å². The molecule has 0 saturated heterocycles. The van der Waals surface area contributed by atoms with Gasteiger partial charge in [-0.15, -0.1) is 0 Å². The molecular weight excluding hydrogens is 214 g/mol. The van der Waals surface area contributed by atoms with E-state index in [2.05, 4.69) is 20.8 Å². The van der Waals surface area contributed by atoms with Crippen molar-refractivity contribution in [2.24, 2.45) is 11.7 Å². The molecule has 0 aliphatic rings. The maximum Gasteiger partial charge on any atom is 0.119 e. The molecule has 0 aromatic heterocycles. The third-order valence-electron chi connectivity index (χ3n) is 3.23. The van der Waals surface area contributed by atoms with E-state index >= 15 is 0 Å². The highest BCUT2D eigenvalue weighted by Gasteiger charge is 2.24. The molecule has 0 radical (unpaired) electrons. The second-order valence-electron chi connectivity index (χ2n) is 4.80. The molecule has 3 nitrogen and oxygen atoms in total. The van der Waals surface area contributed by atoms with E-state index in [4.69, 9.17) is 15.2 Å². The topological polar surface area (TPSA) is 44.5 Å². The Labute approximate surface area is 104 Å². The van der Waals surface area contributed by atoms with Gasteiger partial charge in [-0.3, -0.25) is 0 Å². The molecule has 1 atom stereocenters. The van der Waals surface area contributed by atoms with E-state index in [0.717, 1.165) is 11.3 Å². The van der Waals surface area contributed by atoms with Gasteiger partial charge >= 0.3 is 0 Å². The summed E-state index contributed by atoms with van der Waals surface area (Å²) >= 11 is 0. The molecule has 0 heterocycles. The van der Waals surface area contributed by atoms with Gasteiger partial charge in [-0.25, -0.2) is 0 Å². The Morgan fingerprint density at radius 1 is 1.18 bits per heavy atom. The van der Waals surface area contributed by atoms with Crippen molar-refractivity contribution in [1.82, 2.24) is 0 Å². The molecule has 1 unspecified atom stereocenters. The van der Waals surface area contributed by atoms with Crippen molar-refractivity contribution in [2.75, 3.05) is 20.3 Å². The lowest BCUT2D eigenvalue weighted by atomic mass is 9.83. The number of hydrogen-bond donors (Lipinski definition) is 1. The third-order valence-corrected chi connectivity index (χ3v) is 3.23. The first-order valence-electron chi connectivity index (χ1n) is 5.99. The number of ether oxygens (including phenoxy) is 2. The molecule has 3 heteroatoms. The lowest BCUT2D eigenvalue weighted by molar-refractivity contribution is 0.146. The zero-order valence-electron chi connectivity index (χ0n) is 11.2. The summed E-state index contributed by atoms with van der Waals surface area (Å²) in [6.45, 7) is 7.48. The summed E-state index contributed by atoms with van der Waals surface area (Å²) in [5.41, 5.74) is 7.12. The summed E-state index contributed by atoms with van der Waals surface area (Å²) in [6.07, 6.45) is 0. The molecule has 2 N–H and O–H groups in total. The lowest BCUT2D eigenvalue weighted by Crippen LogP contribution is -2.38. The number of rotatable bonds is 6. The summed E-state index contributed by atoms with van der Waals surface area (Å²) in [5, 5.41) is 0. The molecule has 1 rings (SSSR count). The zero-order valence-corrected chi connectivity index (χ0v) is 11.2. The van der Waals surface area contributed by atoms with Crippen molar-refractivity contribution >= 4 is 0 Å². The van der Waals surface area contributed by atoms with Crippen LogP contribution in [0.4, 0.5) is 0 Å². The Balaban J connectivity index is 2.68. The maximum atomic E-state index is 6.29. The average molecular weight is 237 g/mol. The van der Waals surface area contributed by atoms with Crippen molar-refractivity contribution in [2.45, 2.75) is 26.3 Å². The van der Waals surface area contributed by atoms with Crippen LogP contribution in [0.5, 0.6) is 5.75 Å². The minimum absolute atomic E-state index is 0.301. The van der Waals surface area contributed by atoms with Crippen LogP contribution >= 0.6 is 0 Å².